The Labute approximate surface area is 161 Å². The quantitative estimate of drug-likeness (QED) is 0.552. The molecule has 146 valence electrons. The molecule has 0 aliphatic heterocycles. The van der Waals surface area contributed by atoms with Crippen LogP contribution in [0.3, 0.4) is 0 Å². The number of aromatic nitrogens is 2. The second kappa shape index (κ2) is 10.4. The van der Waals surface area contributed by atoms with E-state index in [1.807, 2.05) is 74.1 Å². The summed E-state index contributed by atoms with van der Waals surface area (Å²) in [6, 6.07) is 10.1. The SMILES string of the molecule is CCNC(=NCc1ncc(-c2ccccc2)[nH]1)N(C)CC(=O)N(CC)CC. The van der Waals surface area contributed by atoms with E-state index < -0.39 is 0 Å². The summed E-state index contributed by atoms with van der Waals surface area (Å²) >= 11 is 0. The molecule has 0 fully saturated rings. The van der Waals surface area contributed by atoms with Crippen molar-refractivity contribution in [1.82, 2.24) is 25.1 Å². The molecule has 0 atom stereocenters. The molecule has 0 saturated heterocycles. The molecule has 0 bridgehead atoms. The Morgan fingerprint density at radius 3 is 2.52 bits per heavy atom. The lowest BCUT2D eigenvalue weighted by atomic mass is 10.2. The lowest BCUT2D eigenvalue weighted by Crippen LogP contribution is -2.45. The van der Waals surface area contributed by atoms with Gasteiger partial charge < -0.3 is 20.1 Å². The van der Waals surface area contributed by atoms with Gasteiger partial charge in [-0.2, -0.15) is 0 Å². The number of hydrogen-bond donors (Lipinski definition) is 2. The summed E-state index contributed by atoms with van der Waals surface area (Å²) in [4.78, 5) is 28.4. The van der Waals surface area contributed by atoms with Crippen molar-refractivity contribution in [3.63, 3.8) is 0 Å². The highest BCUT2D eigenvalue weighted by atomic mass is 16.2. The first-order valence-corrected chi connectivity index (χ1v) is 9.45. The lowest BCUT2D eigenvalue weighted by Gasteiger charge is -2.25. The minimum Gasteiger partial charge on any atom is -0.357 e. The number of amides is 1. The van der Waals surface area contributed by atoms with Crippen molar-refractivity contribution in [3.05, 3.63) is 42.4 Å². The second-order valence-electron chi connectivity index (χ2n) is 6.20. The van der Waals surface area contributed by atoms with E-state index in [2.05, 4.69) is 20.3 Å². The molecule has 0 saturated carbocycles. The average Bonchev–Trinajstić information content (AvgIpc) is 3.15. The van der Waals surface area contributed by atoms with Crippen LogP contribution in [0.15, 0.2) is 41.5 Å². The van der Waals surface area contributed by atoms with Gasteiger partial charge in [-0.3, -0.25) is 4.79 Å². The monoisotopic (exact) mass is 370 g/mol. The maximum absolute atomic E-state index is 12.3. The molecule has 1 aromatic heterocycles. The summed E-state index contributed by atoms with van der Waals surface area (Å²) in [7, 11) is 1.88. The average molecular weight is 371 g/mol. The van der Waals surface area contributed by atoms with E-state index in [-0.39, 0.29) is 5.91 Å². The minimum atomic E-state index is 0.0949. The summed E-state index contributed by atoms with van der Waals surface area (Å²) in [6.07, 6.45) is 1.82. The molecule has 27 heavy (non-hydrogen) atoms. The fourth-order valence-corrected chi connectivity index (χ4v) is 2.78. The summed E-state index contributed by atoms with van der Waals surface area (Å²) in [6.45, 7) is 8.85. The van der Waals surface area contributed by atoms with Crippen molar-refractivity contribution in [2.24, 2.45) is 4.99 Å². The standard InChI is InChI=1S/C20H30N6O/c1-5-21-20(25(4)15-19(27)26(6-2)7-3)23-14-18-22-13-17(24-18)16-11-9-8-10-12-16/h8-13H,5-7,14-15H2,1-4H3,(H,21,23)(H,22,24). The Kier molecular flexibility index (Phi) is 7.85. The summed E-state index contributed by atoms with van der Waals surface area (Å²) in [5, 5.41) is 3.23. The molecule has 0 aliphatic carbocycles. The number of imidazole rings is 1. The van der Waals surface area contributed by atoms with Crippen LogP contribution < -0.4 is 5.32 Å². The number of guanidine groups is 1. The van der Waals surface area contributed by atoms with Crippen LogP contribution in [-0.2, 0) is 11.3 Å². The third-order valence-corrected chi connectivity index (χ3v) is 4.28. The van der Waals surface area contributed by atoms with Gasteiger partial charge in [0, 0.05) is 26.7 Å². The predicted octanol–water partition coefficient (Wildman–Crippen LogP) is 2.34. The first-order chi connectivity index (χ1) is 13.1. The summed E-state index contributed by atoms with van der Waals surface area (Å²) in [5.74, 6) is 1.57. The molecular formula is C20H30N6O. The van der Waals surface area contributed by atoms with Crippen molar-refractivity contribution in [2.75, 3.05) is 33.2 Å². The number of aliphatic imine (C=N–C) groups is 1. The third kappa shape index (κ3) is 5.84. The Balaban J connectivity index is 2.04. The van der Waals surface area contributed by atoms with Crippen LogP contribution in [0.2, 0.25) is 0 Å². The Morgan fingerprint density at radius 1 is 1.19 bits per heavy atom. The van der Waals surface area contributed by atoms with Crippen LogP contribution >= 0.6 is 0 Å². The molecule has 2 rings (SSSR count). The number of likely N-dealkylation sites (N-methyl/N-ethyl adjacent to an activating group) is 2. The van der Waals surface area contributed by atoms with Crippen molar-refractivity contribution in [1.29, 1.82) is 0 Å². The zero-order chi connectivity index (χ0) is 19.6. The number of nitrogens with zero attached hydrogens (tertiary/aromatic N) is 4. The van der Waals surface area contributed by atoms with Crippen LogP contribution in [0.1, 0.15) is 26.6 Å². The number of rotatable bonds is 8. The van der Waals surface area contributed by atoms with Crippen molar-refractivity contribution in [2.45, 2.75) is 27.3 Å². The maximum atomic E-state index is 12.3. The smallest absolute Gasteiger partial charge is 0.242 e. The Hall–Kier alpha value is -2.83. The Morgan fingerprint density at radius 2 is 1.89 bits per heavy atom. The van der Waals surface area contributed by atoms with E-state index in [1.165, 1.54) is 0 Å². The van der Waals surface area contributed by atoms with Crippen LogP contribution in [0.4, 0.5) is 0 Å². The molecule has 7 heteroatoms. The highest BCUT2D eigenvalue weighted by Crippen LogP contribution is 2.16. The number of aromatic amines is 1. The molecule has 0 aliphatic rings. The topological polar surface area (TPSA) is 76.6 Å². The molecular weight excluding hydrogens is 340 g/mol. The van der Waals surface area contributed by atoms with Gasteiger partial charge in [0.05, 0.1) is 18.4 Å². The van der Waals surface area contributed by atoms with Gasteiger partial charge in [-0.25, -0.2) is 9.98 Å². The summed E-state index contributed by atoms with van der Waals surface area (Å²) in [5.41, 5.74) is 2.06. The number of carbonyl (C=O) groups is 1. The minimum absolute atomic E-state index is 0.0949. The van der Waals surface area contributed by atoms with E-state index in [0.717, 1.165) is 23.6 Å². The van der Waals surface area contributed by atoms with E-state index in [1.54, 1.807) is 0 Å². The second-order valence-corrected chi connectivity index (χ2v) is 6.20. The fraction of sp³-hybridized carbons (Fsp3) is 0.450. The highest BCUT2D eigenvalue weighted by Gasteiger charge is 2.15. The van der Waals surface area contributed by atoms with Crippen LogP contribution in [0, 0.1) is 0 Å². The molecule has 1 amide bonds. The molecule has 1 aromatic carbocycles. The molecule has 1 heterocycles. The van der Waals surface area contributed by atoms with Crippen molar-refractivity contribution >= 4 is 11.9 Å². The molecule has 2 aromatic rings. The first-order valence-electron chi connectivity index (χ1n) is 9.45. The number of nitrogens with one attached hydrogen (secondary N) is 2. The molecule has 7 nitrogen and oxygen atoms in total. The highest BCUT2D eigenvalue weighted by molar-refractivity contribution is 5.86. The fourth-order valence-electron chi connectivity index (χ4n) is 2.78. The van der Waals surface area contributed by atoms with Gasteiger partial charge in [0.1, 0.15) is 12.4 Å². The Bertz CT molecular complexity index is 736. The zero-order valence-electron chi connectivity index (χ0n) is 16.7. The van der Waals surface area contributed by atoms with E-state index in [9.17, 15) is 4.79 Å². The number of hydrogen-bond acceptors (Lipinski definition) is 3. The first kappa shape index (κ1) is 20.5. The van der Waals surface area contributed by atoms with Crippen LogP contribution in [-0.4, -0.2) is 64.9 Å². The third-order valence-electron chi connectivity index (χ3n) is 4.28. The molecule has 0 spiro atoms. The van der Waals surface area contributed by atoms with Gasteiger partial charge in [0.25, 0.3) is 0 Å². The number of H-pyrrole nitrogens is 1. The van der Waals surface area contributed by atoms with E-state index in [0.29, 0.717) is 32.1 Å². The number of carbonyl (C=O) groups excluding carboxylic acids is 1. The largest absolute Gasteiger partial charge is 0.357 e. The normalized spacial score (nSPS) is 11.3. The number of benzene rings is 1. The van der Waals surface area contributed by atoms with Crippen molar-refractivity contribution in [3.8, 4) is 11.3 Å². The molecule has 2 N–H and O–H groups in total. The predicted molar refractivity (Wildman–Crippen MR) is 109 cm³/mol. The van der Waals surface area contributed by atoms with Crippen LogP contribution in [0.5, 0.6) is 0 Å². The zero-order valence-corrected chi connectivity index (χ0v) is 16.7. The summed E-state index contributed by atoms with van der Waals surface area (Å²) < 4.78 is 0. The van der Waals surface area contributed by atoms with Gasteiger partial charge in [-0.1, -0.05) is 30.3 Å². The lowest BCUT2D eigenvalue weighted by molar-refractivity contribution is -0.131. The van der Waals surface area contributed by atoms with Gasteiger partial charge >= 0.3 is 0 Å². The maximum Gasteiger partial charge on any atom is 0.242 e. The molecule has 0 radical (unpaired) electrons. The van der Waals surface area contributed by atoms with Crippen LogP contribution in [0.25, 0.3) is 11.3 Å². The van der Waals surface area contributed by atoms with E-state index in [4.69, 9.17) is 0 Å². The van der Waals surface area contributed by atoms with Crippen molar-refractivity contribution < 1.29 is 4.79 Å². The van der Waals surface area contributed by atoms with Gasteiger partial charge in [0.15, 0.2) is 5.96 Å². The van der Waals surface area contributed by atoms with Gasteiger partial charge in [-0.05, 0) is 26.3 Å². The van der Waals surface area contributed by atoms with Gasteiger partial charge in [-0.15, -0.1) is 0 Å². The van der Waals surface area contributed by atoms with Gasteiger partial charge in [0.2, 0.25) is 5.91 Å². The molecule has 0 unspecified atom stereocenters. The van der Waals surface area contributed by atoms with E-state index >= 15 is 0 Å².